The van der Waals surface area contributed by atoms with Crippen LogP contribution < -0.4 is 10.6 Å². The first-order valence-electron chi connectivity index (χ1n) is 5.06. The third-order valence-corrected chi connectivity index (χ3v) is 3.87. The van der Waals surface area contributed by atoms with Crippen LogP contribution in [0.25, 0.3) is 0 Å². The van der Waals surface area contributed by atoms with Gasteiger partial charge >= 0.3 is 0 Å². The fourth-order valence-corrected chi connectivity index (χ4v) is 2.01. The molecule has 0 unspecified atom stereocenters. The second-order valence-electron chi connectivity index (χ2n) is 3.38. The lowest BCUT2D eigenvalue weighted by atomic mass is 10.4. The lowest BCUT2D eigenvalue weighted by Crippen LogP contribution is -2.13. The highest BCUT2D eigenvalue weighted by atomic mass is 79.9. The van der Waals surface area contributed by atoms with E-state index in [0.717, 1.165) is 10.2 Å². The Hall–Kier alpha value is -1.54. The van der Waals surface area contributed by atoms with Gasteiger partial charge in [-0.25, -0.2) is 4.98 Å². The highest BCUT2D eigenvalue weighted by Crippen LogP contribution is 2.18. The topological polar surface area (TPSA) is 79.8 Å². The molecule has 6 nitrogen and oxygen atoms in total. The zero-order valence-electron chi connectivity index (χ0n) is 9.69. The van der Waals surface area contributed by atoms with Gasteiger partial charge in [0, 0.05) is 11.5 Å². The molecule has 0 aliphatic carbocycles. The molecule has 2 aromatic rings. The molecule has 94 valence electrons. The van der Waals surface area contributed by atoms with Crippen molar-refractivity contribution in [2.75, 3.05) is 17.7 Å². The van der Waals surface area contributed by atoms with E-state index in [2.05, 4.69) is 41.7 Å². The van der Waals surface area contributed by atoms with Gasteiger partial charge in [0.1, 0.15) is 5.82 Å². The van der Waals surface area contributed by atoms with Gasteiger partial charge in [-0.05, 0) is 35.0 Å². The number of anilines is 2. The molecule has 0 aliphatic rings. The second-order valence-corrected chi connectivity index (χ2v) is 5.21. The molecule has 0 fully saturated rings. The standard InChI is InChI=1S/C10H10BrN5OS/c1-5-6(11)3-4-7(13-5)14-8(17)9-15-16-10(12-2)18-9/h3-4H,1-2H3,(H,12,16)(H,13,14,17). The van der Waals surface area contributed by atoms with Crippen LogP contribution in [-0.4, -0.2) is 28.1 Å². The Morgan fingerprint density at radius 2 is 2.17 bits per heavy atom. The largest absolute Gasteiger partial charge is 0.363 e. The molecule has 8 heteroatoms. The molecule has 1 amide bonds. The van der Waals surface area contributed by atoms with E-state index in [9.17, 15) is 4.79 Å². The summed E-state index contributed by atoms with van der Waals surface area (Å²) in [5, 5.41) is 14.0. The minimum absolute atomic E-state index is 0.293. The highest BCUT2D eigenvalue weighted by molar-refractivity contribution is 9.10. The van der Waals surface area contributed by atoms with E-state index in [1.165, 1.54) is 11.3 Å². The molecule has 0 bridgehead atoms. The SMILES string of the molecule is CNc1nnc(C(=O)Nc2ccc(Br)c(C)n2)s1. The van der Waals surface area contributed by atoms with Crippen molar-refractivity contribution >= 4 is 44.1 Å². The maximum absolute atomic E-state index is 11.9. The number of hydrogen-bond acceptors (Lipinski definition) is 6. The van der Waals surface area contributed by atoms with Gasteiger partial charge in [0.25, 0.3) is 5.91 Å². The van der Waals surface area contributed by atoms with Crippen molar-refractivity contribution in [3.05, 3.63) is 27.3 Å². The summed E-state index contributed by atoms with van der Waals surface area (Å²) in [6, 6.07) is 3.55. The summed E-state index contributed by atoms with van der Waals surface area (Å²) < 4.78 is 0.897. The number of nitrogens with one attached hydrogen (secondary N) is 2. The van der Waals surface area contributed by atoms with Crippen LogP contribution in [-0.2, 0) is 0 Å². The lowest BCUT2D eigenvalue weighted by Gasteiger charge is -2.03. The van der Waals surface area contributed by atoms with Crippen LogP contribution in [0.15, 0.2) is 16.6 Å². The molecule has 2 N–H and O–H groups in total. The Balaban J connectivity index is 2.13. The number of nitrogens with zero attached hydrogens (tertiary/aromatic N) is 3. The molecule has 0 spiro atoms. The summed E-state index contributed by atoms with van der Waals surface area (Å²) in [4.78, 5) is 16.1. The second kappa shape index (κ2) is 5.40. The highest BCUT2D eigenvalue weighted by Gasteiger charge is 2.13. The number of aryl methyl sites for hydroxylation is 1. The number of carbonyl (C=O) groups excluding carboxylic acids is 1. The van der Waals surface area contributed by atoms with Crippen molar-refractivity contribution in [1.82, 2.24) is 15.2 Å². The summed E-state index contributed by atoms with van der Waals surface area (Å²) in [6.45, 7) is 1.85. The van der Waals surface area contributed by atoms with Gasteiger partial charge in [0.05, 0.1) is 5.69 Å². The van der Waals surface area contributed by atoms with Gasteiger partial charge in [-0.1, -0.05) is 11.3 Å². The molecule has 0 saturated heterocycles. The number of aromatic nitrogens is 3. The molecular weight excluding hydrogens is 318 g/mol. The molecule has 0 saturated carbocycles. The Morgan fingerprint density at radius 1 is 1.39 bits per heavy atom. The fourth-order valence-electron chi connectivity index (χ4n) is 1.20. The van der Waals surface area contributed by atoms with E-state index >= 15 is 0 Å². The molecule has 0 radical (unpaired) electrons. The van der Waals surface area contributed by atoms with Crippen molar-refractivity contribution in [2.24, 2.45) is 0 Å². The summed E-state index contributed by atoms with van der Waals surface area (Å²) in [5.41, 5.74) is 0.806. The minimum Gasteiger partial charge on any atom is -0.363 e. The molecular formula is C10H10BrN5OS. The first-order chi connectivity index (χ1) is 8.60. The zero-order chi connectivity index (χ0) is 13.1. The van der Waals surface area contributed by atoms with Gasteiger partial charge in [0.15, 0.2) is 0 Å². The van der Waals surface area contributed by atoms with Crippen molar-refractivity contribution in [3.8, 4) is 0 Å². The summed E-state index contributed by atoms with van der Waals surface area (Å²) >= 11 is 4.53. The summed E-state index contributed by atoms with van der Waals surface area (Å²) in [6.07, 6.45) is 0. The number of amides is 1. The first-order valence-corrected chi connectivity index (χ1v) is 6.67. The van der Waals surface area contributed by atoms with E-state index in [1.807, 2.05) is 13.0 Å². The number of rotatable bonds is 3. The van der Waals surface area contributed by atoms with Crippen LogP contribution in [0.3, 0.4) is 0 Å². The molecule has 18 heavy (non-hydrogen) atoms. The Bertz CT molecular complexity index is 585. The maximum atomic E-state index is 11.9. The van der Waals surface area contributed by atoms with E-state index in [-0.39, 0.29) is 5.91 Å². The van der Waals surface area contributed by atoms with Crippen molar-refractivity contribution < 1.29 is 4.79 Å². The number of halogens is 1. The van der Waals surface area contributed by atoms with Crippen LogP contribution in [0.1, 0.15) is 15.5 Å². The van der Waals surface area contributed by atoms with Crippen LogP contribution in [0, 0.1) is 6.92 Å². The zero-order valence-corrected chi connectivity index (χ0v) is 12.1. The van der Waals surface area contributed by atoms with Gasteiger partial charge in [-0.15, -0.1) is 10.2 Å². The van der Waals surface area contributed by atoms with Gasteiger partial charge in [-0.3, -0.25) is 4.79 Å². The molecule has 0 aliphatic heterocycles. The summed E-state index contributed by atoms with van der Waals surface area (Å²) in [7, 11) is 1.72. The van der Waals surface area contributed by atoms with E-state index in [0.29, 0.717) is 16.0 Å². The smallest absolute Gasteiger partial charge is 0.287 e. The van der Waals surface area contributed by atoms with Gasteiger partial charge in [0.2, 0.25) is 10.1 Å². The number of hydrogen-bond donors (Lipinski definition) is 2. The molecule has 2 rings (SSSR count). The predicted molar refractivity (Wildman–Crippen MR) is 74.1 cm³/mol. The normalized spacial score (nSPS) is 10.2. The van der Waals surface area contributed by atoms with Crippen LogP contribution in [0.4, 0.5) is 10.9 Å². The monoisotopic (exact) mass is 327 g/mol. The van der Waals surface area contributed by atoms with Crippen LogP contribution >= 0.6 is 27.3 Å². The van der Waals surface area contributed by atoms with Crippen molar-refractivity contribution in [2.45, 2.75) is 6.92 Å². The average Bonchev–Trinajstić information content (AvgIpc) is 2.82. The summed E-state index contributed by atoms with van der Waals surface area (Å²) in [5.74, 6) is 0.171. The van der Waals surface area contributed by atoms with Crippen LogP contribution in [0.5, 0.6) is 0 Å². The number of pyridine rings is 1. The van der Waals surface area contributed by atoms with Crippen LogP contribution in [0.2, 0.25) is 0 Å². The third-order valence-electron chi connectivity index (χ3n) is 2.10. The Morgan fingerprint density at radius 3 is 2.78 bits per heavy atom. The molecule has 2 heterocycles. The molecule has 0 atom stereocenters. The molecule has 0 aromatic carbocycles. The van der Waals surface area contributed by atoms with Gasteiger partial charge < -0.3 is 10.6 Å². The quantitative estimate of drug-likeness (QED) is 0.904. The molecule has 2 aromatic heterocycles. The van der Waals surface area contributed by atoms with Crippen molar-refractivity contribution in [1.29, 1.82) is 0 Å². The Kier molecular flexibility index (Phi) is 3.87. The number of carbonyl (C=O) groups is 1. The third kappa shape index (κ3) is 2.82. The Labute approximate surface area is 116 Å². The maximum Gasteiger partial charge on any atom is 0.287 e. The fraction of sp³-hybridized carbons (Fsp3) is 0.200. The van der Waals surface area contributed by atoms with Gasteiger partial charge in [-0.2, -0.15) is 0 Å². The van der Waals surface area contributed by atoms with E-state index in [1.54, 1.807) is 13.1 Å². The van der Waals surface area contributed by atoms with E-state index in [4.69, 9.17) is 0 Å². The van der Waals surface area contributed by atoms with E-state index < -0.39 is 0 Å². The van der Waals surface area contributed by atoms with Crippen molar-refractivity contribution in [3.63, 3.8) is 0 Å². The first kappa shape index (κ1) is 12.9. The lowest BCUT2D eigenvalue weighted by molar-refractivity contribution is 0.102. The minimum atomic E-state index is -0.316. The predicted octanol–water partition coefficient (Wildman–Crippen LogP) is 2.30. The average molecular weight is 328 g/mol.